The van der Waals surface area contributed by atoms with E-state index >= 15 is 0 Å². The van der Waals surface area contributed by atoms with Crippen LogP contribution in [0.2, 0.25) is 0 Å². The molecular weight excluding hydrogens is 458 g/mol. The van der Waals surface area contributed by atoms with Crippen molar-refractivity contribution < 1.29 is 22.9 Å². The highest BCUT2D eigenvalue weighted by molar-refractivity contribution is 7.89. The standard InChI is InChI=1S/C19H23N5O6S2/c1-13(2)18(26)21-19-20-14(12-31-19)10-17(25)22-6-8-23(9-7-22)32(29,30)16-5-3-4-15(11-16)24(27)28/h3-5,11-13H,6-10H2,1-2H3,(H,20,21,26). The Morgan fingerprint density at radius 2 is 1.94 bits per heavy atom. The molecule has 32 heavy (non-hydrogen) atoms. The lowest BCUT2D eigenvalue weighted by atomic mass is 10.2. The van der Waals surface area contributed by atoms with Gasteiger partial charge in [-0.1, -0.05) is 19.9 Å². The number of sulfonamides is 1. The van der Waals surface area contributed by atoms with Crippen LogP contribution in [0, 0.1) is 16.0 Å². The highest BCUT2D eigenvalue weighted by Gasteiger charge is 2.31. The summed E-state index contributed by atoms with van der Waals surface area (Å²) in [6, 6.07) is 4.91. The molecule has 3 rings (SSSR count). The number of nitrogens with one attached hydrogen (secondary N) is 1. The fourth-order valence-corrected chi connectivity index (χ4v) is 5.22. The van der Waals surface area contributed by atoms with E-state index in [4.69, 9.17) is 0 Å². The van der Waals surface area contributed by atoms with E-state index in [0.717, 1.165) is 6.07 Å². The molecule has 0 saturated carbocycles. The van der Waals surface area contributed by atoms with E-state index in [2.05, 4.69) is 10.3 Å². The number of hydrogen-bond acceptors (Lipinski definition) is 8. The highest BCUT2D eigenvalue weighted by Crippen LogP contribution is 2.22. The van der Waals surface area contributed by atoms with E-state index in [1.54, 1.807) is 24.1 Å². The second-order valence-electron chi connectivity index (χ2n) is 7.50. The van der Waals surface area contributed by atoms with Crippen LogP contribution in [0.5, 0.6) is 0 Å². The van der Waals surface area contributed by atoms with E-state index in [0.29, 0.717) is 10.8 Å². The molecule has 1 saturated heterocycles. The zero-order chi connectivity index (χ0) is 23.5. The van der Waals surface area contributed by atoms with Crippen LogP contribution in [0.15, 0.2) is 34.5 Å². The minimum atomic E-state index is -3.90. The number of carbonyl (C=O) groups excluding carboxylic acids is 2. The summed E-state index contributed by atoms with van der Waals surface area (Å²) in [6.07, 6.45) is 0.0473. The Morgan fingerprint density at radius 1 is 1.25 bits per heavy atom. The van der Waals surface area contributed by atoms with Crippen molar-refractivity contribution in [1.82, 2.24) is 14.2 Å². The maximum atomic E-state index is 12.8. The van der Waals surface area contributed by atoms with Gasteiger partial charge >= 0.3 is 0 Å². The molecule has 0 unspecified atom stereocenters. The van der Waals surface area contributed by atoms with E-state index in [9.17, 15) is 28.1 Å². The number of non-ortho nitro benzene ring substituents is 1. The molecule has 1 aromatic carbocycles. The number of nitrogens with zero attached hydrogens (tertiary/aromatic N) is 4. The number of piperazine rings is 1. The minimum absolute atomic E-state index is 0.0473. The summed E-state index contributed by atoms with van der Waals surface area (Å²) in [6.45, 7) is 4.12. The van der Waals surface area contributed by atoms with Crippen LogP contribution < -0.4 is 5.32 Å². The number of aromatic nitrogens is 1. The van der Waals surface area contributed by atoms with Gasteiger partial charge in [0, 0.05) is 49.6 Å². The number of carbonyl (C=O) groups is 2. The Balaban J connectivity index is 1.58. The lowest BCUT2D eigenvalue weighted by molar-refractivity contribution is -0.385. The van der Waals surface area contributed by atoms with Gasteiger partial charge in [0.05, 0.1) is 21.9 Å². The van der Waals surface area contributed by atoms with Gasteiger partial charge in [-0.25, -0.2) is 13.4 Å². The van der Waals surface area contributed by atoms with E-state index in [-0.39, 0.29) is 60.9 Å². The molecule has 2 heterocycles. The lowest BCUT2D eigenvalue weighted by Gasteiger charge is -2.34. The molecule has 1 aliphatic rings. The molecular formula is C19H23N5O6S2. The normalized spacial score (nSPS) is 15.0. The Hall–Kier alpha value is -2.90. The van der Waals surface area contributed by atoms with E-state index < -0.39 is 14.9 Å². The van der Waals surface area contributed by atoms with Gasteiger partial charge in [-0.3, -0.25) is 19.7 Å². The fraction of sp³-hybridized carbons (Fsp3) is 0.421. The summed E-state index contributed by atoms with van der Waals surface area (Å²) in [5, 5.41) is 15.8. The number of benzene rings is 1. The Morgan fingerprint density at radius 3 is 2.56 bits per heavy atom. The number of nitro benzene ring substituents is 1. The molecule has 0 atom stereocenters. The van der Waals surface area contributed by atoms with Crippen molar-refractivity contribution in [3.8, 4) is 0 Å². The van der Waals surface area contributed by atoms with Crippen molar-refractivity contribution in [3.63, 3.8) is 0 Å². The summed E-state index contributed by atoms with van der Waals surface area (Å²) in [4.78, 5) is 40.3. The summed E-state index contributed by atoms with van der Waals surface area (Å²) in [5.74, 6) is -0.527. The number of amides is 2. The summed E-state index contributed by atoms with van der Waals surface area (Å²) in [7, 11) is -3.90. The van der Waals surface area contributed by atoms with Crippen molar-refractivity contribution >= 4 is 44.0 Å². The predicted octanol–water partition coefficient (Wildman–Crippen LogP) is 1.72. The molecule has 0 aliphatic carbocycles. The van der Waals surface area contributed by atoms with Crippen molar-refractivity contribution in [2.24, 2.45) is 5.92 Å². The third-order valence-electron chi connectivity index (χ3n) is 4.90. The van der Waals surface area contributed by atoms with Gasteiger partial charge in [-0.15, -0.1) is 11.3 Å². The summed E-state index contributed by atoms with van der Waals surface area (Å²) in [5.41, 5.74) is 0.234. The first-order chi connectivity index (χ1) is 15.1. The second kappa shape index (κ2) is 9.71. The first kappa shape index (κ1) is 23.8. The second-order valence-corrected chi connectivity index (χ2v) is 10.3. The molecule has 1 fully saturated rings. The Kier molecular flexibility index (Phi) is 7.21. The van der Waals surface area contributed by atoms with Crippen LogP contribution in [0.4, 0.5) is 10.8 Å². The predicted molar refractivity (Wildman–Crippen MR) is 118 cm³/mol. The zero-order valence-corrected chi connectivity index (χ0v) is 19.2. The SMILES string of the molecule is CC(C)C(=O)Nc1nc(CC(=O)N2CCN(S(=O)(=O)c3cccc([N+](=O)[O-])c3)CC2)cs1. The Bertz CT molecular complexity index is 1120. The monoisotopic (exact) mass is 481 g/mol. The van der Waals surface area contributed by atoms with Crippen molar-refractivity contribution in [1.29, 1.82) is 0 Å². The molecule has 1 aromatic heterocycles. The molecule has 13 heteroatoms. The molecule has 2 aromatic rings. The average Bonchev–Trinajstić information content (AvgIpc) is 3.20. The first-order valence-electron chi connectivity index (χ1n) is 9.85. The largest absolute Gasteiger partial charge is 0.340 e. The van der Waals surface area contributed by atoms with Crippen LogP contribution in [-0.2, 0) is 26.0 Å². The van der Waals surface area contributed by atoms with Gasteiger partial charge in [-0.05, 0) is 6.07 Å². The quantitative estimate of drug-likeness (QED) is 0.468. The number of anilines is 1. The topological polar surface area (TPSA) is 143 Å². The molecule has 1 N–H and O–H groups in total. The molecule has 0 bridgehead atoms. The van der Waals surface area contributed by atoms with Crippen molar-refractivity contribution in [3.05, 3.63) is 45.5 Å². The van der Waals surface area contributed by atoms with Crippen LogP contribution >= 0.6 is 11.3 Å². The molecule has 1 aliphatic heterocycles. The van der Waals surface area contributed by atoms with Crippen molar-refractivity contribution in [2.75, 3.05) is 31.5 Å². The van der Waals surface area contributed by atoms with E-state index in [1.807, 2.05) is 0 Å². The maximum Gasteiger partial charge on any atom is 0.270 e. The third-order valence-corrected chi connectivity index (χ3v) is 7.60. The fourth-order valence-electron chi connectivity index (χ4n) is 3.05. The summed E-state index contributed by atoms with van der Waals surface area (Å²) < 4.78 is 26.9. The third kappa shape index (κ3) is 5.47. The van der Waals surface area contributed by atoms with Gasteiger partial charge < -0.3 is 10.2 Å². The maximum absolute atomic E-state index is 12.8. The van der Waals surface area contributed by atoms with Crippen LogP contribution in [0.3, 0.4) is 0 Å². The molecule has 2 amide bonds. The first-order valence-corrected chi connectivity index (χ1v) is 12.2. The number of thiazole rings is 1. The van der Waals surface area contributed by atoms with Gasteiger partial charge in [0.2, 0.25) is 21.8 Å². The van der Waals surface area contributed by atoms with E-state index in [1.165, 1.54) is 33.8 Å². The van der Waals surface area contributed by atoms with Crippen LogP contribution in [-0.4, -0.2) is 65.5 Å². The molecule has 0 spiro atoms. The molecule has 0 radical (unpaired) electrons. The van der Waals surface area contributed by atoms with Gasteiger partial charge in [-0.2, -0.15) is 4.31 Å². The highest BCUT2D eigenvalue weighted by atomic mass is 32.2. The number of rotatable bonds is 7. The van der Waals surface area contributed by atoms with Gasteiger partial charge in [0.1, 0.15) is 0 Å². The van der Waals surface area contributed by atoms with Gasteiger partial charge in [0.25, 0.3) is 5.69 Å². The Labute approximate surface area is 189 Å². The average molecular weight is 482 g/mol. The molecule has 11 nitrogen and oxygen atoms in total. The summed E-state index contributed by atoms with van der Waals surface area (Å²) >= 11 is 1.24. The van der Waals surface area contributed by atoms with Crippen molar-refractivity contribution in [2.45, 2.75) is 25.2 Å². The van der Waals surface area contributed by atoms with Gasteiger partial charge in [0.15, 0.2) is 5.13 Å². The zero-order valence-electron chi connectivity index (χ0n) is 17.6. The van der Waals surface area contributed by atoms with Crippen LogP contribution in [0.1, 0.15) is 19.5 Å². The number of nitro groups is 1. The smallest absolute Gasteiger partial charge is 0.270 e. The number of hydrogen-bond donors (Lipinski definition) is 1. The molecule has 172 valence electrons. The lowest BCUT2D eigenvalue weighted by Crippen LogP contribution is -2.50. The minimum Gasteiger partial charge on any atom is -0.340 e. The van der Waals surface area contributed by atoms with Crippen LogP contribution in [0.25, 0.3) is 0 Å².